The summed E-state index contributed by atoms with van der Waals surface area (Å²) in [7, 11) is 0. The first-order chi connectivity index (χ1) is 12.2. The monoisotopic (exact) mass is 348 g/mol. The largest absolute Gasteiger partial charge is 0.393 e. The highest BCUT2D eigenvalue weighted by Crippen LogP contribution is 2.33. The van der Waals surface area contributed by atoms with Crippen LogP contribution in [0, 0.1) is 5.92 Å². The van der Waals surface area contributed by atoms with E-state index in [1.807, 2.05) is 11.0 Å². The molecule has 25 heavy (non-hydrogen) atoms. The van der Waals surface area contributed by atoms with Gasteiger partial charge >= 0.3 is 0 Å². The number of ether oxygens (including phenoxy) is 2. The van der Waals surface area contributed by atoms with Crippen molar-refractivity contribution in [3.63, 3.8) is 0 Å². The normalized spacial score (nSPS) is 30.0. The third-order valence-electron chi connectivity index (χ3n) is 5.17. The van der Waals surface area contributed by atoms with Gasteiger partial charge in [0, 0.05) is 31.7 Å². The molecule has 4 rings (SSSR count). The van der Waals surface area contributed by atoms with Gasteiger partial charge in [-0.25, -0.2) is 9.97 Å². The molecule has 136 valence electrons. The zero-order chi connectivity index (χ0) is 17.2. The van der Waals surface area contributed by atoms with Gasteiger partial charge in [0.25, 0.3) is 0 Å². The van der Waals surface area contributed by atoms with Crippen molar-refractivity contribution in [2.75, 3.05) is 51.0 Å². The van der Waals surface area contributed by atoms with Crippen LogP contribution in [0.3, 0.4) is 0 Å². The number of nitrogens with zero attached hydrogens (tertiary/aromatic N) is 4. The highest BCUT2D eigenvalue weighted by molar-refractivity contribution is 5.80. The lowest BCUT2D eigenvalue weighted by Crippen LogP contribution is -2.50. The van der Waals surface area contributed by atoms with E-state index in [1.165, 1.54) is 0 Å². The number of amides is 1. The Morgan fingerprint density at radius 2 is 1.92 bits per heavy atom. The molecule has 0 radical (unpaired) electrons. The minimum absolute atomic E-state index is 0.0824. The number of carbonyl (C=O) groups excluding carboxylic acids is 1. The molecule has 3 aliphatic rings. The van der Waals surface area contributed by atoms with Crippen molar-refractivity contribution < 1.29 is 19.4 Å². The lowest BCUT2D eigenvalue weighted by atomic mass is 9.81. The summed E-state index contributed by atoms with van der Waals surface area (Å²) in [5.74, 6) is 1.49. The van der Waals surface area contributed by atoms with Crippen LogP contribution >= 0.6 is 0 Å². The molecule has 3 heterocycles. The summed E-state index contributed by atoms with van der Waals surface area (Å²) in [4.78, 5) is 25.9. The van der Waals surface area contributed by atoms with Crippen LogP contribution < -0.4 is 4.90 Å². The van der Waals surface area contributed by atoms with Gasteiger partial charge in [0.15, 0.2) is 5.82 Å². The summed E-state index contributed by atoms with van der Waals surface area (Å²) in [5.41, 5.74) is 0. The molecule has 0 unspecified atom stereocenters. The predicted molar refractivity (Wildman–Crippen MR) is 89.1 cm³/mol. The van der Waals surface area contributed by atoms with E-state index in [1.54, 1.807) is 6.20 Å². The molecule has 0 spiro atoms. The summed E-state index contributed by atoms with van der Waals surface area (Å²) in [5, 5.41) is 9.49. The van der Waals surface area contributed by atoms with Gasteiger partial charge in [-0.3, -0.25) is 4.79 Å². The molecule has 1 N–H and O–H groups in total. The summed E-state index contributed by atoms with van der Waals surface area (Å²) < 4.78 is 11.0. The number of aliphatic hydroxyl groups excluding tert-OH is 1. The smallest absolute Gasteiger partial charge is 0.226 e. The zero-order valence-corrected chi connectivity index (χ0v) is 14.2. The number of hydrogen-bond donors (Lipinski definition) is 1. The second-order valence-electron chi connectivity index (χ2n) is 6.82. The Kier molecular flexibility index (Phi) is 4.82. The van der Waals surface area contributed by atoms with Crippen LogP contribution in [0.25, 0.3) is 0 Å². The van der Waals surface area contributed by atoms with E-state index in [0.717, 1.165) is 18.9 Å². The van der Waals surface area contributed by atoms with Crippen LogP contribution in [0.15, 0.2) is 12.3 Å². The Morgan fingerprint density at radius 3 is 2.68 bits per heavy atom. The zero-order valence-electron chi connectivity index (χ0n) is 14.2. The first kappa shape index (κ1) is 16.7. The lowest BCUT2D eigenvalue weighted by Gasteiger charge is -2.40. The van der Waals surface area contributed by atoms with Crippen molar-refractivity contribution in [2.45, 2.75) is 25.0 Å². The molecule has 3 fully saturated rings. The van der Waals surface area contributed by atoms with Gasteiger partial charge in [0.05, 0.1) is 32.5 Å². The number of morpholine rings is 2. The van der Waals surface area contributed by atoms with Gasteiger partial charge in [-0.05, 0) is 18.9 Å². The molecule has 2 aliphatic heterocycles. The average molecular weight is 348 g/mol. The summed E-state index contributed by atoms with van der Waals surface area (Å²) >= 11 is 0. The molecule has 2 saturated heterocycles. The Labute approximate surface area is 146 Å². The number of rotatable bonds is 3. The van der Waals surface area contributed by atoms with E-state index in [0.29, 0.717) is 51.6 Å². The molecule has 1 amide bonds. The summed E-state index contributed by atoms with van der Waals surface area (Å²) in [6.07, 6.45) is 2.52. The third-order valence-corrected chi connectivity index (χ3v) is 5.17. The fourth-order valence-electron chi connectivity index (χ4n) is 3.60. The third kappa shape index (κ3) is 3.47. The molecule has 1 aliphatic carbocycles. The molecule has 0 bridgehead atoms. The first-order valence-electron chi connectivity index (χ1n) is 8.94. The maximum absolute atomic E-state index is 12.8. The fraction of sp³-hybridized carbons (Fsp3) is 0.706. The number of hydrogen-bond acceptors (Lipinski definition) is 7. The van der Waals surface area contributed by atoms with Crippen LogP contribution in [-0.4, -0.2) is 78.0 Å². The standard InChI is InChI=1S/C17H24N4O4/c22-13-9-12(10-13)17(23)21-5-8-25-11-14(21)16-18-2-1-15(19-16)20-3-6-24-7-4-20/h1-2,12-14,22H,3-11H2/t12?,13?,14-/m1/s1. The summed E-state index contributed by atoms with van der Waals surface area (Å²) in [6, 6.07) is 1.63. The minimum Gasteiger partial charge on any atom is -0.393 e. The molecule has 8 heteroatoms. The number of aliphatic hydroxyl groups is 1. The molecular weight excluding hydrogens is 324 g/mol. The van der Waals surface area contributed by atoms with E-state index in [9.17, 15) is 9.90 Å². The molecule has 0 aromatic carbocycles. The van der Waals surface area contributed by atoms with Crippen molar-refractivity contribution >= 4 is 11.7 Å². The van der Waals surface area contributed by atoms with Crippen LogP contribution in [0.4, 0.5) is 5.82 Å². The van der Waals surface area contributed by atoms with Gasteiger partial charge in [0.1, 0.15) is 11.9 Å². The predicted octanol–water partition coefficient (Wildman–Crippen LogP) is -0.0160. The number of aromatic nitrogens is 2. The molecular formula is C17H24N4O4. The second-order valence-corrected chi connectivity index (χ2v) is 6.82. The lowest BCUT2D eigenvalue weighted by molar-refractivity contribution is -0.151. The highest BCUT2D eigenvalue weighted by Gasteiger charge is 2.40. The van der Waals surface area contributed by atoms with E-state index in [2.05, 4.69) is 9.88 Å². The van der Waals surface area contributed by atoms with Crippen molar-refractivity contribution in [3.05, 3.63) is 18.1 Å². The Bertz CT molecular complexity index is 616. The Balaban J connectivity index is 1.52. The van der Waals surface area contributed by atoms with E-state index < -0.39 is 0 Å². The fourth-order valence-corrected chi connectivity index (χ4v) is 3.60. The van der Waals surface area contributed by atoms with Crippen molar-refractivity contribution in [2.24, 2.45) is 5.92 Å². The average Bonchev–Trinajstić information content (AvgIpc) is 2.66. The quantitative estimate of drug-likeness (QED) is 0.821. The van der Waals surface area contributed by atoms with E-state index >= 15 is 0 Å². The van der Waals surface area contributed by atoms with Gasteiger partial charge in [0.2, 0.25) is 5.91 Å². The number of carbonyl (C=O) groups is 1. The summed E-state index contributed by atoms with van der Waals surface area (Å²) in [6.45, 7) is 4.48. The highest BCUT2D eigenvalue weighted by atomic mass is 16.5. The molecule has 1 saturated carbocycles. The van der Waals surface area contributed by atoms with E-state index in [-0.39, 0.29) is 24.0 Å². The second kappa shape index (κ2) is 7.23. The topological polar surface area (TPSA) is 88.0 Å². The molecule has 1 aromatic heterocycles. The van der Waals surface area contributed by atoms with Crippen LogP contribution in [0.2, 0.25) is 0 Å². The molecule has 1 atom stereocenters. The van der Waals surface area contributed by atoms with Crippen LogP contribution in [0.5, 0.6) is 0 Å². The van der Waals surface area contributed by atoms with Gasteiger partial charge in [-0.1, -0.05) is 0 Å². The Morgan fingerprint density at radius 1 is 1.16 bits per heavy atom. The molecule has 1 aromatic rings. The minimum atomic E-state index is -0.339. The van der Waals surface area contributed by atoms with Gasteiger partial charge < -0.3 is 24.4 Å². The Hall–Kier alpha value is -1.77. The maximum atomic E-state index is 12.8. The first-order valence-corrected chi connectivity index (χ1v) is 8.94. The SMILES string of the molecule is O=C(C1CC(O)C1)N1CCOC[C@@H]1c1nccc(N2CCOCC2)n1. The van der Waals surface area contributed by atoms with Crippen LogP contribution in [0.1, 0.15) is 24.7 Å². The van der Waals surface area contributed by atoms with Gasteiger partial charge in [-0.15, -0.1) is 0 Å². The van der Waals surface area contributed by atoms with Gasteiger partial charge in [-0.2, -0.15) is 0 Å². The van der Waals surface area contributed by atoms with Crippen molar-refractivity contribution in [1.82, 2.24) is 14.9 Å². The van der Waals surface area contributed by atoms with Crippen molar-refractivity contribution in [1.29, 1.82) is 0 Å². The van der Waals surface area contributed by atoms with E-state index in [4.69, 9.17) is 14.5 Å². The molecule has 8 nitrogen and oxygen atoms in total. The maximum Gasteiger partial charge on any atom is 0.226 e. The van der Waals surface area contributed by atoms with Crippen molar-refractivity contribution in [3.8, 4) is 0 Å². The number of anilines is 1. The van der Waals surface area contributed by atoms with Crippen LogP contribution in [-0.2, 0) is 14.3 Å².